The van der Waals surface area contributed by atoms with E-state index in [9.17, 15) is 0 Å². The van der Waals surface area contributed by atoms with Crippen LogP contribution in [0, 0.1) is 0 Å². The zero-order chi connectivity index (χ0) is 10.7. The first-order valence-electron chi connectivity index (χ1n) is 4.13. The van der Waals surface area contributed by atoms with Crippen LogP contribution in [0.4, 0.5) is 0 Å². The van der Waals surface area contributed by atoms with Crippen LogP contribution in [0.25, 0.3) is 0 Å². The molecule has 0 aliphatic carbocycles. The van der Waals surface area contributed by atoms with E-state index in [1.165, 1.54) is 0 Å². The topological polar surface area (TPSA) is 38.0 Å². The normalized spacial score (nSPS) is 12.6. The molecule has 1 rings (SSSR count). The lowest BCUT2D eigenvalue weighted by Gasteiger charge is -2.18. The largest absolute Gasteiger partial charge is 0.271 e. The molecular weight excluding hydrogens is 219 g/mol. The molecule has 1 aromatic carbocycles. The Morgan fingerprint density at radius 1 is 1.43 bits per heavy atom. The van der Waals surface area contributed by atoms with Crippen LogP contribution >= 0.6 is 23.2 Å². The van der Waals surface area contributed by atoms with Gasteiger partial charge in [0.05, 0.1) is 6.04 Å². The first-order chi connectivity index (χ1) is 6.57. The van der Waals surface area contributed by atoms with Crippen LogP contribution in [-0.2, 0) is 0 Å². The molecule has 1 aromatic rings. The van der Waals surface area contributed by atoms with Crippen LogP contribution in [0.2, 0.25) is 10.0 Å². The van der Waals surface area contributed by atoms with Gasteiger partial charge in [-0.2, -0.15) is 0 Å². The highest BCUT2D eigenvalue weighted by atomic mass is 35.5. The highest BCUT2D eigenvalue weighted by Gasteiger charge is 2.16. The standard InChI is InChI=1S/C10H12Cl2N2/c1-6(2)10(14-13)9-7(11)4-3-5-8(9)12/h3-5,10,14H,1,13H2,2H3. The maximum atomic E-state index is 6.03. The van der Waals surface area contributed by atoms with Crippen molar-refractivity contribution in [3.05, 3.63) is 46.0 Å². The zero-order valence-corrected chi connectivity index (χ0v) is 9.36. The zero-order valence-electron chi connectivity index (χ0n) is 7.85. The van der Waals surface area contributed by atoms with Gasteiger partial charge in [-0.05, 0) is 19.1 Å². The summed E-state index contributed by atoms with van der Waals surface area (Å²) in [5, 5.41) is 1.17. The van der Waals surface area contributed by atoms with Gasteiger partial charge in [-0.3, -0.25) is 5.84 Å². The fourth-order valence-corrected chi connectivity index (χ4v) is 1.87. The van der Waals surface area contributed by atoms with Gasteiger partial charge >= 0.3 is 0 Å². The Balaban J connectivity index is 3.22. The Morgan fingerprint density at radius 2 is 1.93 bits per heavy atom. The van der Waals surface area contributed by atoms with E-state index < -0.39 is 0 Å². The maximum Gasteiger partial charge on any atom is 0.0694 e. The lowest BCUT2D eigenvalue weighted by Crippen LogP contribution is -2.29. The minimum atomic E-state index is -0.212. The number of rotatable bonds is 3. The summed E-state index contributed by atoms with van der Waals surface area (Å²) in [7, 11) is 0. The van der Waals surface area contributed by atoms with Gasteiger partial charge in [0.2, 0.25) is 0 Å². The molecule has 76 valence electrons. The van der Waals surface area contributed by atoms with E-state index in [4.69, 9.17) is 29.0 Å². The molecule has 3 N–H and O–H groups in total. The quantitative estimate of drug-likeness (QED) is 0.476. The second-order valence-corrected chi connectivity index (χ2v) is 3.90. The van der Waals surface area contributed by atoms with Gasteiger partial charge in [0.15, 0.2) is 0 Å². The number of halogens is 2. The molecule has 1 atom stereocenters. The van der Waals surface area contributed by atoms with Crippen LogP contribution in [0.5, 0.6) is 0 Å². The summed E-state index contributed by atoms with van der Waals surface area (Å²) in [5.74, 6) is 5.42. The van der Waals surface area contributed by atoms with Gasteiger partial charge < -0.3 is 0 Å². The lowest BCUT2D eigenvalue weighted by atomic mass is 10.0. The Labute approximate surface area is 93.7 Å². The molecule has 0 heterocycles. The smallest absolute Gasteiger partial charge is 0.0694 e. The van der Waals surface area contributed by atoms with E-state index >= 15 is 0 Å². The van der Waals surface area contributed by atoms with Crippen molar-refractivity contribution >= 4 is 23.2 Å². The number of hydrazine groups is 1. The van der Waals surface area contributed by atoms with E-state index in [0.29, 0.717) is 10.0 Å². The number of benzene rings is 1. The third-order valence-electron chi connectivity index (χ3n) is 1.95. The fraction of sp³-hybridized carbons (Fsp3) is 0.200. The van der Waals surface area contributed by atoms with Crippen molar-refractivity contribution in [3.8, 4) is 0 Å². The van der Waals surface area contributed by atoms with Crippen molar-refractivity contribution in [2.45, 2.75) is 13.0 Å². The van der Waals surface area contributed by atoms with Gasteiger partial charge in [0, 0.05) is 15.6 Å². The molecule has 0 saturated carbocycles. The summed E-state index contributed by atoms with van der Waals surface area (Å²) >= 11 is 12.1. The Hall–Kier alpha value is -0.540. The maximum absolute atomic E-state index is 6.03. The number of nitrogens with one attached hydrogen (secondary N) is 1. The lowest BCUT2D eigenvalue weighted by molar-refractivity contribution is 0.627. The summed E-state index contributed by atoms with van der Waals surface area (Å²) in [6.45, 7) is 5.69. The van der Waals surface area contributed by atoms with Crippen molar-refractivity contribution in [1.82, 2.24) is 5.43 Å². The molecule has 2 nitrogen and oxygen atoms in total. The molecule has 0 amide bonds. The third-order valence-corrected chi connectivity index (χ3v) is 2.61. The summed E-state index contributed by atoms with van der Waals surface area (Å²) in [4.78, 5) is 0. The van der Waals surface area contributed by atoms with Crippen LogP contribution in [0.3, 0.4) is 0 Å². The van der Waals surface area contributed by atoms with Gasteiger partial charge in [-0.1, -0.05) is 41.4 Å². The van der Waals surface area contributed by atoms with E-state index in [-0.39, 0.29) is 6.04 Å². The van der Waals surface area contributed by atoms with Crippen molar-refractivity contribution < 1.29 is 0 Å². The second-order valence-electron chi connectivity index (χ2n) is 3.08. The predicted octanol–water partition coefficient (Wildman–Crippen LogP) is 3.07. The second kappa shape index (κ2) is 4.80. The Kier molecular flexibility index (Phi) is 3.96. The van der Waals surface area contributed by atoms with E-state index in [1.807, 2.05) is 6.92 Å². The van der Waals surface area contributed by atoms with Gasteiger partial charge in [0.1, 0.15) is 0 Å². The van der Waals surface area contributed by atoms with E-state index in [2.05, 4.69) is 12.0 Å². The molecule has 0 fully saturated rings. The number of nitrogens with two attached hydrogens (primary N) is 1. The van der Waals surface area contributed by atoms with Crippen LogP contribution in [-0.4, -0.2) is 0 Å². The van der Waals surface area contributed by atoms with Crippen molar-refractivity contribution in [3.63, 3.8) is 0 Å². The molecule has 0 saturated heterocycles. The van der Waals surface area contributed by atoms with Crippen LogP contribution in [0.15, 0.2) is 30.4 Å². The summed E-state index contributed by atoms with van der Waals surface area (Å²) in [6, 6.07) is 5.13. The van der Waals surface area contributed by atoms with Crippen molar-refractivity contribution in [2.75, 3.05) is 0 Å². The fourth-order valence-electron chi connectivity index (χ4n) is 1.26. The molecule has 4 heteroatoms. The first-order valence-corrected chi connectivity index (χ1v) is 4.89. The number of hydrogen-bond donors (Lipinski definition) is 2. The molecule has 14 heavy (non-hydrogen) atoms. The Morgan fingerprint density at radius 3 is 2.29 bits per heavy atom. The Bertz CT molecular complexity index is 330. The molecule has 0 aliphatic rings. The molecule has 0 aliphatic heterocycles. The SMILES string of the molecule is C=C(C)C(NN)c1c(Cl)cccc1Cl. The molecule has 1 unspecified atom stereocenters. The van der Waals surface area contributed by atoms with Gasteiger partial charge in [-0.25, -0.2) is 5.43 Å². The van der Waals surface area contributed by atoms with Crippen molar-refractivity contribution in [2.24, 2.45) is 5.84 Å². The minimum Gasteiger partial charge on any atom is -0.271 e. The monoisotopic (exact) mass is 230 g/mol. The van der Waals surface area contributed by atoms with E-state index in [0.717, 1.165) is 11.1 Å². The highest BCUT2D eigenvalue weighted by molar-refractivity contribution is 6.36. The summed E-state index contributed by atoms with van der Waals surface area (Å²) in [5.41, 5.74) is 4.26. The van der Waals surface area contributed by atoms with Crippen molar-refractivity contribution in [1.29, 1.82) is 0 Å². The molecule has 0 spiro atoms. The molecular formula is C10H12Cl2N2. The molecule has 0 radical (unpaired) electrons. The molecule has 0 aromatic heterocycles. The first kappa shape index (κ1) is 11.5. The summed E-state index contributed by atoms with van der Waals surface area (Å²) < 4.78 is 0. The predicted molar refractivity (Wildman–Crippen MR) is 61.3 cm³/mol. The number of hydrogen-bond acceptors (Lipinski definition) is 2. The van der Waals surface area contributed by atoms with Crippen LogP contribution < -0.4 is 11.3 Å². The van der Waals surface area contributed by atoms with E-state index in [1.54, 1.807) is 18.2 Å². The van der Waals surface area contributed by atoms with Gasteiger partial charge in [-0.15, -0.1) is 0 Å². The van der Waals surface area contributed by atoms with Gasteiger partial charge in [0.25, 0.3) is 0 Å². The molecule has 0 bridgehead atoms. The average molecular weight is 231 g/mol. The average Bonchev–Trinajstić information content (AvgIpc) is 2.10. The van der Waals surface area contributed by atoms with Crippen LogP contribution in [0.1, 0.15) is 18.5 Å². The highest BCUT2D eigenvalue weighted by Crippen LogP contribution is 2.32. The minimum absolute atomic E-state index is 0.212. The summed E-state index contributed by atoms with van der Waals surface area (Å²) in [6.07, 6.45) is 0. The third kappa shape index (κ3) is 2.28.